The van der Waals surface area contributed by atoms with E-state index < -0.39 is 0 Å². The van der Waals surface area contributed by atoms with E-state index in [9.17, 15) is 5.21 Å². The fraction of sp³-hybridized carbons (Fsp3) is 0.759. The lowest BCUT2D eigenvalue weighted by Crippen LogP contribution is -2.57. The first-order chi connectivity index (χ1) is 17.0. The summed E-state index contributed by atoms with van der Waals surface area (Å²) in [6, 6.07) is 6.69. The van der Waals surface area contributed by atoms with E-state index in [1.807, 2.05) is 0 Å². The molecule has 1 aromatic heterocycles. The topological polar surface area (TPSA) is 42.4 Å². The van der Waals surface area contributed by atoms with Crippen LogP contribution in [0.3, 0.4) is 0 Å². The van der Waals surface area contributed by atoms with Crippen molar-refractivity contribution in [1.29, 1.82) is 0 Å². The van der Waals surface area contributed by atoms with Gasteiger partial charge in [-0.1, -0.05) is 90.0 Å². The molecule has 0 bridgehead atoms. The highest BCUT2D eigenvalue weighted by atomic mass is 32.1. The number of hydrogen-bond acceptors (Lipinski definition) is 5. The zero-order valence-corrected chi connectivity index (χ0v) is 23.8. The normalized spacial score (nSPS) is 21.0. The van der Waals surface area contributed by atoms with Gasteiger partial charge in [-0.05, 0) is 49.8 Å². The van der Waals surface area contributed by atoms with Gasteiger partial charge in [-0.25, -0.2) is 4.90 Å². The fourth-order valence-electron chi connectivity index (χ4n) is 5.29. The van der Waals surface area contributed by atoms with Crippen molar-refractivity contribution >= 4 is 26.7 Å². The molecule has 2 heterocycles. The molecule has 0 aliphatic carbocycles. The zero-order valence-electron chi connectivity index (χ0n) is 22.9. The maximum Gasteiger partial charge on any atom is 0.289 e. The maximum atomic E-state index is 14.7. The lowest BCUT2D eigenvalue weighted by Gasteiger charge is -2.44. The van der Waals surface area contributed by atoms with Crippen LogP contribution in [0.15, 0.2) is 18.2 Å². The number of benzene rings is 1. The van der Waals surface area contributed by atoms with Gasteiger partial charge in [0.15, 0.2) is 6.17 Å². The van der Waals surface area contributed by atoms with Crippen molar-refractivity contribution in [3.05, 3.63) is 29.0 Å². The summed E-state index contributed by atoms with van der Waals surface area (Å²) < 4.78 is 0.854. The summed E-state index contributed by atoms with van der Waals surface area (Å²) in [5, 5.41) is 15.5. The molecule has 0 spiro atoms. The molecule has 3 rings (SSSR count). The van der Waals surface area contributed by atoms with E-state index in [2.05, 4.69) is 55.7 Å². The average molecular weight is 503 g/mol. The Bertz CT molecular complexity index is 863. The number of quaternary nitrogens is 1. The Hall–Kier alpha value is -1.05. The van der Waals surface area contributed by atoms with Gasteiger partial charge < -0.3 is 5.21 Å². The van der Waals surface area contributed by atoms with Gasteiger partial charge in [0, 0.05) is 19.6 Å². The van der Waals surface area contributed by atoms with Crippen LogP contribution in [0.1, 0.15) is 104 Å². The molecular weight excluding hydrogens is 452 g/mol. The standard InChI is InChI=1S/C29H50N4OS/c1-5-9-13-14-16-25-17-18-27-26(22-25)30-29(35-27)33(34)24-31(19-15-10-6-2)23-28(33)32(20-11-7-3)21-12-8-4/h17-18,22,28H,5-16,19-21,23-24H2,1-4H3. The summed E-state index contributed by atoms with van der Waals surface area (Å²) in [6.07, 6.45) is 14.4. The Balaban J connectivity index is 1.85. The van der Waals surface area contributed by atoms with Crippen molar-refractivity contribution in [2.75, 3.05) is 32.8 Å². The van der Waals surface area contributed by atoms with Gasteiger partial charge in [0.2, 0.25) is 0 Å². The third kappa shape index (κ3) is 7.72. The SMILES string of the molecule is CCCCCCc1ccc2sc([N+]3([O-])CN(CCCCC)CC3N(CCCC)CCCC)nc2c1. The van der Waals surface area contributed by atoms with Crippen molar-refractivity contribution < 1.29 is 0 Å². The molecule has 0 radical (unpaired) electrons. The Morgan fingerprint density at radius 2 is 1.63 bits per heavy atom. The van der Waals surface area contributed by atoms with Crippen molar-refractivity contribution in [2.45, 2.75) is 111 Å². The predicted molar refractivity (Wildman–Crippen MR) is 154 cm³/mol. The molecule has 0 amide bonds. The van der Waals surface area contributed by atoms with Crippen LogP contribution in [0, 0.1) is 5.21 Å². The van der Waals surface area contributed by atoms with Gasteiger partial charge in [-0.3, -0.25) is 9.55 Å². The van der Waals surface area contributed by atoms with Crippen molar-refractivity contribution in [2.24, 2.45) is 0 Å². The Labute approximate surface area is 218 Å². The number of thiazole rings is 1. The molecule has 0 N–H and O–H groups in total. The molecular formula is C29H50N4OS. The van der Waals surface area contributed by atoms with Gasteiger partial charge in [-0.15, -0.1) is 0 Å². The number of aryl methyl sites for hydroxylation is 1. The van der Waals surface area contributed by atoms with Crippen LogP contribution in [-0.2, 0) is 6.42 Å². The summed E-state index contributed by atoms with van der Waals surface area (Å²) in [6.45, 7) is 13.4. The molecule has 0 saturated carbocycles. The van der Waals surface area contributed by atoms with Crippen LogP contribution >= 0.6 is 11.3 Å². The summed E-state index contributed by atoms with van der Waals surface area (Å²) in [4.78, 5) is 9.95. The van der Waals surface area contributed by atoms with E-state index in [1.165, 1.54) is 50.5 Å². The van der Waals surface area contributed by atoms with E-state index in [-0.39, 0.29) is 10.8 Å². The van der Waals surface area contributed by atoms with E-state index in [0.717, 1.165) is 73.6 Å². The fourth-order valence-corrected chi connectivity index (χ4v) is 6.31. The quantitative estimate of drug-likeness (QED) is 0.125. The summed E-state index contributed by atoms with van der Waals surface area (Å²) >= 11 is 1.63. The van der Waals surface area contributed by atoms with E-state index >= 15 is 0 Å². The number of unbranched alkanes of at least 4 members (excludes halogenated alkanes) is 7. The molecule has 1 saturated heterocycles. The Morgan fingerprint density at radius 1 is 0.943 bits per heavy atom. The highest BCUT2D eigenvalue weighted by molar-refractivity contribution is 7.22. The number of hydrogen-bond donors (Lipinski definition) is 0. The van der Waals surface area contributed by atoms with Gasteiger partial charge in [0.1, 0.15) is 6.67 Å². The van der Waals surface area contributed by atoms with E-state index in [0.29, 0.717) is 6.67 Å². The largest absolute Gasteiger partial charge is 0.623 e. The maximum absolute atomic E-state index is 14.7. The van der Waals surface area contributed by atoms with Crippen molar-refractivity contribution in [3.63, 3.8) is 0 Å². The number of aromatic nitrogens is 1. The first-order valence-corrected chi connectivity index (χ1v) is 15.3. The second-order valence-corrected chi connectivity index (χ2v) is 11.6. The van der Waals surface area contributed by atoms with Crippen molar-refractivity contribution in [1.82, 2.24) is 19.4 Å². The second-order valence-electron chi connectivity index (χ2n) is 10.6. The molecule has 1 aliphatic rings. The van der Waals surface area contributed by atoms with E-state index in [4.69, 9.17) is 4.98 Å². The highest BCUT2D eigenvalue weighted by Crippen LogP contribution is 2.39. The minimum absolute atomic E-state index is 0.0520. The first-order valence-electron chi connectivity index (χ1n) is 14.5. The van der Waals surface area contributed by atoms with Gasteiger partial charge in [0.05, 0.1) is 16.8 Å². The number of fused-ring (bicyclic) bond motifs is 1. The molecule has 2 aromatic rings. The summed E-state index contributed by atoms with van der Waals surface area (Å²) in [5.74, 6) is 0. The average Bonchev–Trinajstić information content (AvgIpc) is 3.44. The smallest absolute Gasteiger partial charge is 0.289 e. The molecule has 1 fully saturated rings. The van der Waals surface area contributed by atoms with Crippen LogP contribution in [-0.4, -0.2) is 53.8 Å². The molecule has 6 heteroatoms. The van der Waals surface area contributed by atoms with Crippen LogP contribution in [0.25, 0.3) is 10.2 Å². The predicted octanol–water partition coefficient (Wildman–Crippen LogP) is 7.92. The van der Waals surface area contributed by atoms with Crippen LogP contribution in [0.4, 0.5) is 5.13 Å². The Morgan fingerprint density at radius 3 is 2.31 bits per heavy atom. The van der Waals surface area contributed by atoms with Crippen LogP contribution in [0.2, 0.25) is 0 Å². The minimum Gasteiger partial charge on any atom is -0.623 e. The van der Waals surface area contributed by atoms with E-state index in [1.54, 1.807) is 11.3 Å². The molecule has 35 heavy (non-hydrogen) atoms. The summed E-state index contributed by atoms with van der Waals surface area (Å²) in [5.41, 5.74) is 2.37. The lowest BCUT2D eigenvalue weighted by atomic mass is 10.1. The number of nitrogens with zero attached hydrogens (tertiary/aromatic N) is 4. The molecule has 1 aliphatic heterocycles. The molecule has 2 atom stereocenters. The van der Waals surface area contributed by atoms with Gasteiger partial charge in [0.25, 0.3) is 5.13 Å². The van der Waals surface area contributed by atoms with Crippen LogP contribution in [0.5, 0.6) is 0 Å². The van der Waals surface area contributed by atoms with Crippen molar-refractivity contribution in [3.8, 4) is 0 Å². The van der Waals surface area contributed by atoms with Crippen LogP contribution < -0.4 is 4.65 Å². The second kappa shape index (κ2) is 14.6. The van der Waals surface area contributed by atoms with Gasteiger partial charge >= 0.3 is 0 Å². The number of rotatable bonds is 17. The first kappa shape index (κ1) is 28.5. The van der Waals surface area contributed by atoms with Gasteiger partial charge in [-0.2, -0.15) is 4.98 Å². The molecule has 5 nitrogen and oxygen atoms in total. The third-order valence-corrected chi connectivity index (χ3v) is 8.64. The molecule has 198 valence electrons. The molecule has 1 aromatic carbocycles. The third-order valence-electron chi connectivity index (χ3n) is 7.49. The minimum atomic E-state index is -0.301. The monoisotopic (exact) mass is 502 g/mol. The highest BCUT2D eigenvalue weighted by Gasteiger charge is 2.46. The summed E-state index contributed by atoms with van der Waals surface area (Å²) in [7, 11) is 0. The molecule has 2 unspecified atom stereocenters. The Kier molecular flexibility index (Phi) is 11.9. The lowest BCUT2D eigenvalue weighted by molar-refractivity contribution is 0.114. The number of hydroxylamine groups is 2. The zero-order chi connectivity index (χ0) is 25.1.